The van der Waals surface area contributed by atoms with Crippen LogP contribution in [0.1, 0.15) is 48.7 Å². The highest BCUT2D eigenvalue weighted by Gasteiger charge is 2.24. The van der Waals surface area contributed by atoms with Gasteiger partial charge in [-0.1, -0.05) is 42.7 Å². The van der Waals surface area contributed by atoms with E-state index < -0.39 is 0 Å². The quantitative estimate of drug-likeness (QED) is 0.614. The Hall–Kier alpha value is -2.66. The number of likely N-dealkylation sites (tertiary alicyclic amines) is 1. The van der Waals surface area contributed by atoms with Crippen LogP contribution in [0.5, 0.6) is 5.75 Å². The van der Waals surface area contributed by atoms with Gasteiger partial charge in [-0.3, -0.25) is 4.90 Å². The zero-order chi connectivity index (χ0) is 19.3. The molecule has 28 heavy (non-hydrogen) atoms. The van der Waals surface area contributed by atoms with Crippen molar-refractivity contribution in [3.63, 3.8) is 0 Å². The Balaban J connectivity index is 1.54. The average Bonchev–Trinajstić information content (AvgIpc) is 3.07. The van der Waals surface area contributed by atoms with Crippen molar-refractivity contribution in [3.05, 3.63) is 65.5 Å². The zero-order valence-electron chi connectivity index (χ0n) is 16.6. The van der Waals surface area contributed by atoms with Crippen molar-refractivity contribution in [1.29, 1.82) is 0 Å². The van der Waals surface area contributed by atoms with Crippen LogP contribution in [-0.2, 0) is 6.54 Å². The molecule has 0 N–H and O–H groups in total. The van der Waals surface area contributed by atoms with E-state index in [1.807, 2.05) is 24.3 Å². The van der Waals surface area contributed by atoms with E-state index in [4.69, 9.17) is 9.15 Å². The van der Waals surface area contributed by atoms with Gasteiger partial charge in [0.25, 0.3) is 0 Å². The molecule has 1 fully saturated rings. The lowest BCUT2D eigenvalue weighted by Gasteiger charge is -2.29. The molecule has 0 radical (unpaired) electrons. The summed E-state index contributed by atoms with van der Waals surface area (Å²) >= 11 is 0. The number of aromatic nitrogens is 2. The molecule has 1 atom stereocenters. The van der Waals surface area contributed by atoms with Crippen molar-refractivity contribution in [1.82, 2.24) is 15.1 Å². The third-order valence-electron chi connectivity index (χ3n) is 5.43. The van der Waals surface area contributed by atoms with Crippen molar-refractivity contribution < 1.29 is 9.15 Å². The molecule has 1 aliphatic rings. The van der Waals surface area contributed by atoms with Gasteiger partial charge in [-0.15, -0.1) is 10.2 Å². The van der Waals surface area contributed by atoms with E-state index in [0.717, 1.165) is 24.3 Å². The van der Waals surface area contributed by atoms with Crippen LogP contribution < -0.4 is 4.74 Å². The summed E-state index contributed by atoms with van der Waals surface area (Å²) in [7, 11) is 1.70. The number of nitrogens with zero attached hydrogens (tertiary/aromatic N) is 3. The first-order chi connectivity index (χ1) is 13.7. The van der Waals surface area contributed by atoms with Crippen LogP contribution in [0.25, 0.3) is 11.5 Å². The Morgan fingerprint density at radius 1 is 1.07 bits per heavy atom. The summed E-state index contributed by atoms with van der Waals surface area (Å²) in [5.41, 5.74) is 3.48. The minimum Gasteiger partial charge on any atom is -0.497 e. The smallest absolute Gasteiger partial charge is 0.247 e. The predicted molar refractivity (Wildman–Crippen MR) is 109 cm³/mol. The highest BCUT2D eigenvalue weighted by molar-refractivity contribution is 5.53. The van der Waals surface area contributed by atoms with Crippen LogP contribution in [0.15, 0.2) is 52.9 Å². The lowest BCUT2D eigenvalue weighted by Crippen LogP contribution is -2.28. The van der Waals surface area contributed by atoms with E-state index in [9.17, 15) is 0 Å². The number of hydrogen-bond acceptors (Lipinski definition) is 5. The predicted octanol–water partition coefficient (Wildman–Crippen LogP) is 5.17. The molecule has 1 saturated heterocycles. The first kappa shape index (κ1) is 18.7. The van der Waals surface area contributed by atoms with Gasteiger partial charge in [0.1, 0.15) is 5.75 Å². The standard InChI is InChI=1S/C23H27N3O2/c1-17-7-6-8-19(15-17)23-25-24-22(28-23)16-26-14-5-3-4-9-21(26)18-10-12-20(27-2)13-11-18/h6-8,10-13,15,21H,3-5,9,14,16H2,1-2H3. The van der Waals surface area contributed by atoms with E-state index in [2.05, 4.69) is 46.3 Å². The third-order valence-corrected chi connectivity index (χ3v) is 5.43. The Bertz CT molecular complexity index is 904. The number of aryl methyl sites for hydroxylation is 1. The minimum absolute atomic E-state index is 0.364. The lowest BCUT2D eigenvalue weighted by molar-refractivity contribution is 0.175. The number of benzene rings is 2. The van der Waals surface area contributed by atoms with Gasteiger partial charge in [0.05, 0.1) is 13.7 Å². The van der Waals surface area contributed by atoms with Gasteiger partial charge in [0, 0.05) is 11.6 Å². The van der Waals surface area contributed by atoms with Crippen molar-refractivity contribution >= 4 is 0 Å². The Morgan fingerprint density at radius 3 is 2.71 bits per heavy atom. The molecule has 4 rings (SSSR count). The Labute approximate surface area is 166 Å². The van der Waals surface area contributed by atoms with Gasteiger partial charge in [0.15, 0.2) is 0 Å². The van der Waals surface area contributed by atoms with Crippen LogP contribution in [-0.4, -0.2) is 28.8 Å². The normalized spacial score (nSPS) is 18.0. The summed E-state index contributed by atoms with van der Waals surface area (Å²) in [4.78, 5) is 2.47. The number of ether oxygens (including phenoxy) is 1. The molecule has 2 heterocycles. The van der Waals surface area contributed by atoms with Crippen LogP contribution in [0.4, 0.5) is 0 Å². The van der Waals surface area contributed by atoms with Gasteiger partial charge in [-0.05, 0) is 56.1 Å². The molecule has 0 spiro atoms. The van der Waals surface area contributed by atoms with E-state index in [-0.39, 0.29) is 0 Å². The molecule has 5 nitrogen and oxygen atoms in total. The van der Waals surface area contributed by atoms with E-state index in [1.165, 1.54) is 30.4 Å². The highest BCUT2D eigenvalue weighted by atomic mass is 16.5. The zero-order valence-corrected chi connectivity index (χ0v) is 16.6. The van der Waals surface area contributed by atoms with Crippen LogP contribution in [0.2, 0.25) is 0 Å². The molecule has 1 aromatic heterocycles. The second kappa shape index (κ2) is 8.57. The summed E-state index contributed by atoms with van der Waals surface area (Å²) in [6.07, 6.45) is 4.85. The molecule has 0 saturated carbocycles. The number of methoxy groups -OCH3 is 1. The summed E-state index contributed by atoms with van der Waals surface area (Å²) in [6.45, 7) is 3.78. The van der Waals surface area contributed by atoms with Crippen molar-refractivity contribution in [2.24, 2.45) is 0 Å². The molecule has 1 unspecified atom stereocenters. The number of rotatable bonds is 5. The second-order valence-electron chi connectivity index (χ2n) is 7.48. The van der Waals surface area contributed by atoms with Gasteiger partial charge in [-0.25, -0.2) is 0 Å². The van der Waals surface area contributed by atoms with Crippen molar-refractivity contribution in [2.45, 2.75) is 45.2 Å². The monoisotopic (exact) mass is 377 g/mol. The van der Waals surface area contributed by atoms with Crippen LogP contribution >= 0.6 is 0 Å². The summed E-state index contributed by atoms with van der Waals surface area (Å²) < 4.78 is 11.3. The fraction of sp³-hybridized carbons (Fsp3) is 0.391. The van der Waals surface area contributed by atoms with Gasteiger partial charge in [-0.2, -0.15) is 0 Å². The molecule has 0 amide bonds. The SMILES string of the molecule is COc1ccc(C2CCCCCN2Cc2nnc(-c3cccc(C)c3)o2)cc1. The van der Waals surface area contributed by atoms with Crippen molar-refractivity contribution in [3.8, 4) is 17.2 Å². The van der Waals surface area contributed by atoms with Gasteiger partial charge >= 0.3 is 0 Å². The fourth-order valence-electron chi connectivity index (χ4n) is 3.95. The Kier molecular flexibility index (Phi) is 5.72. The molecule has 0 aliphatic carbocycles. The third kappa shape index (κ3) is 4.25. The lowest BCUT2D eigenvalue weighted by atomic mass is 10.0. The summed E-state index contributed by atoms with van der Waals surface area (Å²) in [5.74, 6) is 2.16. The minimum atomic E-state index is 0.364. The molecular formula is C23H27N3O2. The molecule has 2 aromatic carbocycles. The van der Waals surface area contributed by atoms with Crippen LogP contribution in [0.3, 0.4) is 0 Å². The van der Waals surface area contributed by atoms with E-state index >= 15 is 0 Å². The first-order valence-electron chi connectivity index (χ1n) is 10.0. The fourth-order valence-corrected chi connectivity index (χ4v) is 3.95. The molecule has 5 heteroatoms. The summed E-state index contributed by atoms with van der Waals surface area (Å²) in [5, 5.41) is 8.60. The maximum atomic E-state index is 6.01. The second-order valence-corrected chi connectivity index (χ2v) is 7.48. The van der Waals surface area contributed by atoms with Gasteiger partial charge < -0.3 is 9.15 Å². The maximum absolute atomic E-state index is 6.01. The maximum Gasteiger partial charge on any atom is 0.247 e. The molecule has 3 aromatic rings. The average molecular weight is 377 g/mol. The highest BCUT2D eigenvalue weighted by Crippen LogP contribution is 2.32. The largest absolute Gasteiger partial charge is 0.497 e. The van der Waals surface area contributed by atoms with E-state index in [0.29, 0.717) is 24.4 Å². The number of hydrogen-bond donors (Lipinski definition) is 0. The molecular weight excluding hydrogens is 350 g/mol. The molecule has 0 bridgehead atoms. The topological polar surface area (TPSA) is 51.4 Å². The first-order valence-corrected chi connectivity index (χ1v) is 10.0. The Morgan fingerprint density at radius 2 is 1.93 bits per heavy atom. The van der Waals surface area contributed by atoms with Crippen LogP contribution in [0, 0.1) is 6.92 Å². The van der Waals surface area contributed by atoms with E-state index in [1.54, 1.807) is 7.11 Å². The van der Waals surface area contributed by atoms with Crippen molar-refractivity contribution in [2.75, 3.05) is 13.7 Å². The van der Waals surface area contributed by atoms with Gasteiger partial charge in [0.2, 0.25) is 11.8 Å². The summed E-state index contributed by atoms with van der Waals surface area (Å²) in [6, 6.07) is 17.0. The molecule has 1 aliphatic heterocycles. The molecule has 146 valence electrons.